The Labute approximate surface area is 638 Å². The van der Waals surface area contributed by atoms with Crippen LogP contribution >= 0.6 is 69.6 Å². The number of carbonyl (C=O) groups excluding carboxylic acids is 3. The molecular formula is C81H66Cl6F3N9O7. The number of nitrogens with zero attached hydrogens (tertiary/aromatic N) is 6. The maximum absolute atomic E-state index is 13.5. The van der Waals surface area contributed by atoms with Gasteiger partial charge in [-0.3, -0.25) is 14.4 Å². The Balaban J connectivity index is 0.000000141. The van der Waals surface area contributed by atoms with Crippen LogP contribution in [0.5, 0.6) is 0 Å². The molecular weight excluding hydrogens is 1480 g/mol. The van der Waals surface area contributed by atoms with E-state index in [1.165, 1.54) is 36.4 Å². The lowest BCUT2D eigenvalue weighted by Gasteiger charge is -2.20. The Morgan fingerprint density at radius 1 is 0.443 bits per heavy atom. The van der Waals surface area contributed by atoms with Crippen molar-refractivity contribution in [2.75, 3.05) is 19.8 Å². The third kappa shape index (κ3) is 17.1. The van der Waals surface area contributed by atoms with Crippen molar-refractivity contribution in [2.45, 2.75) is 77.2 Å². The van der Waals surface area contributed by atoms with Crippen LogP contribution in [0.15, 0.2) is 188 Å². The molecule has 11 aromatic rings. The van der Waals surface area contributed by atoms with E-state index in [1.54, 1.807) is 105 Å². The number of hydrogen-bond donors (Lipinski definition) is 4. The molecule has 0 unspecified atom stereocenters. The molecule has 15 rings (SSSR count). The number of aliphatic hydroxyl groups excluding tert-OH is 1. The molecule has 540 valence electrons. The summed E-state index contributed by atoms with van der Waals surface area (Å²) in [5, 5.41) is 35.8. The highest BCUT2D eigenvalue weighted by Gasteiger charge is 2.36. The molecule has 0 bridgehead atoms. The number of rotatable bonds is 14. The van der Waals surface area contributed by atoms with E-state index in [2.05, 4.69) is 21.0 Å². The van der Waals surface area contributed by atoms with Gasteiger partial charge in [-0.2, -0.15) is 15.3 Å². The molecule has 1 saturated carbocycles. The van der Waals surface area contributed by atoms with E-state index in [1.807, 2.05) is 92.7 Å². The van der Waals surface area contributed by atoms with Gasteiger partial charge in [-0.25, -0.2) is 27.2 Å². The summed E-state index contributed by atoms with van der Waals surface area (Å²) in [6.45, 7) is 5.33. The van der Waals surface area contributed by atoms with Gasteiger partial charge < -0.3 is 35.3 Å². The van der Waals surface area contributed by atoms with Crippen LogP contribution in [0, 0.1) is 17.5 Å². The molecule has 0 saturated heterocycles. The minimum Gasteiger partial charge on any atom is -0.391 e. The molecule has 106 heavy (non-hydrogen) atoms. The molecule has 1 fully saturated rings. The summed E-state index contributed by atoms with van der Waals surface area (Å²) in [6, 6.07) is 52.3. The van der Waals surface area contributed by atoms with Crippen molar-refractivity contribution < 1.29 is 46.9 Å². The predicted molar refractivity (Wildman–Crippen MR) is 408 cm³/mol. The molecule has 25 heteroatoms. The Kier molecular flexibility index (Phi) is 23.6. The highest BCUT2D eigenvalue weighted by atomic mass is 35.5. The number of amides is 3. The topological polar surface area (TPSA) is 189 Å². The molecule has 4 atom stereocenters. The van der Waals surface area contributed by atoms with Gasteiger partial charge in [0.15, 0.2) is 17.1 Å². The fourth-order valence-corrected chi connectivity index (χ4v) is 14.4. The molecule has 16 nitrogen and oxygen atoms in total. The Morgan fingerprint density at radius 3 is 1.07 bits per heavy atom. The van der Waals surface area contributed by atoms with E-state index in [0.717, 1.165) is 51.0 Å². The van der Waals surface area contributed by atoms with Gasteiger partial charge in [0, 0.05) is 48.5 Å². The maximum Gasteiger partial charge on any atom is 0.272 e. The minimum absolute atomic E-state index is 0.192. The zero-order valence-corrected chi connectivity index (χ0v) is 61.3. The number of halogens is 9. The summed E-state index contributed by atoms with van der Waals surface area (Å²) in [4.78, 5) is 40.1. The van der Waals surface area contributed by atoms with Crippen molar-refractivity contribution in [2.24, 2.45) is 0 Å². The first-order chi connectivity index (χ1) is 51.2. The maximum atomic E-state index is 13.5. The van der Waals surface area contributed by atoms with Crippen molar-refractivity contribution in [3.05, 3.63) is 314 Å². The first-order valence-corrected chi connectivity index (χ1v) is 36.0. The summed E-state index contributed by atoms with van der Waals surface area (Å²) in [7, 11) is 0. The average molecular weight is 1550 g/mol. The third-order valence-corrected chi connectivity index (χ3v) is 19.8. The van der Waals surface area contributed by atoms with Gasteiger partial charge in [-0.15, -0.1) is 0 Å². The molecule has 0 radical (unpaired) electrons. The molecule has 1 aliphatic carbocycles. The molecule has 4 aliphatic rings. The van der Waals surface area contributed by atoms with Crippen molar-refractivity contribution in [1.29, 1.82) is 0 Å². The van der Waals surface area contributed by atoms with Crippen LogP contribution in [0.3, 0.4) is 0 Å². The van der Waals surface area contributed by atoms with Gasteiger partial charge in [-0.05, 0) is 170 Å². The number of ether oxygens (including phenoxy) is 3. The fraction of sp³-hybridized carbons (Fsp3) is 0.185. The van der Waals surface area contributed by atoms with Gasteiger partial charge >= 0.3 is 0 Å². The third-order valence-electron chi connectivity index (χ3n) is 18.2. The molecule has 3 amide bonds. The molecule has 6 heterocycles. The van der Waals surface area contributed by atoms with Crippen molar-refractivity contribution in [1.82, 2.24) is 45.3 Å². The number of carbonyl (C=O) groups is 3. The van der Waals surface area contributed by atoms with E-state index < -0.39 is 6.10 Å². The van der Waals surface area contributed by atoms with Gasteiger partial charge in [0.2, 0.25) is 0 Å². The lowest BCUT2D eigenvalue weighted by molar-refractivity contribution is 0.0860. The smallest absolute Gasteiger partial charge is 0.272 e. The Hall–Kier alpha value is -9.61. The van der Waals surface area contributed by atoms with Gasteiger partial charge in [0.05, 0.1) is 113 Å². The monoisotopic (exact) mass is 1540 g/mol. The Bertz CT molecular complexity index is 4970. The number of aromatic nitrogens is 6. The van der Waals surface area contributed by atoms with E-state index >= 15 is 0 Å². The molecule has 8 aromatic carbocycles. The summed E-state index contributed by atoms with van der Waals surface area (Å²) in [5.74, 6) is -1.98. The fourth-order valence-electron chi connectivity index (χ4n) is 12.9. The van der Waals surface area contributed by atoms with Crippen LogP contribution in [0.25, 0.3) is 52.0 Å². The molecule has 3 aliphatic heterocycles. The van der Waals surface area contributed by atoms with E-state index in [-0.39, 0.29) is 96.8 Å². The second-order valence-corrected chi connectivity index (χ2v) is 28.0. The van der Waals surface area contributed by atoms with Crippen molar-refractivity contribution in [3.8, 4) is 17.1 Å². The van der Waals surface area contributed by atoms with Crippen LogP contribution in [0.4, 0.5) is 13.2 Å². The predicted octanol–water partition coefficient (Wildman–Crippen LogP) is 18.8. The van der Waals surface area contributed by atoms with Crippen LogP contribution in [-0.4, -0.2) is 84.1 Å². The lowest BCUT2D eigenvalue weighted by Crippen LogP contribution is -2.40. The summed E-state index contributed by atoms with van der Waals surface area (Å²) >= 11 is 38.0. The highest BCUT2D eigenvalue weighted by Crippen LogP contribution is 2.40. The number of hydrogen-bond acceptors (Lipinski definition) is 10. The second-order valence-electron chi connectivity index (χ2n) is 25.5. The second kappa shape index (κ2) is 33.5. The summed E-state index contributed by atoms with van der Waals surface area (Å²) in [6.07, 6.45) is 7.32. The summed E-state index contributed by atoms with van der Waals surface area (Å²) in [5.41, 5.74) is 13.2. The zero-order valence-electron chi connectivity index (χ0n) is 56.8. The average Bonchev–Trinajstić information content (AvgIpc) is 1.61. The largest absolute Gasteiger partial charge is 0.391 e. The van der Waals surface area contributed by atoms with Gasteiger partial charge in [0.25, 0.3) is 17.7 Å². The highest BCUT2D eigenvalue weighted by molar-refractivity contribution is 6.37. The van der Waals surface area contributed by atoms with Crippen molar-refractivity contribution >= 4 is 122 Å². The quantitative estimate of drug-likeness (QED) is 0.0815. The summed E-state index contributed by atoms with van der Waals surface area (Å²) < 4.78 is 62.8. The van der Waals surface area contributed by atoms with E-state index in [0.29, 0.717) is 107 Å². The van der Waals surface area contributed by atoms with E-state index in [9.17, 15) is 32.7 Å². The Morgan fingerprint density at radius 2 is 0.764 bits per heavy atom. The van der Waals surface area contributed by atoms with Crippen LogP contribution < -0.4 is 16.0 Å². The first kappa shape index (κ1) is 74.7. The lowest BCUT2D eigenvalue weighted by atomic mass is 10.0. The first-order valence-electron chi connectivity index (χ1n) is 33.8. The normalized spacial score (nSPS) is 16.9. The van der Waals surface area contributed by atoms with E-state index in [4.69, 9.17) is 94.0 Å². The van der Waals surface area contributed by atoms with Crippen molar-refractivity contribution in [3.63, 3.8) is 0 Å². The minimum atomic E-state index is -0.572. The molecule has 3 aromatic heterocycles. The standard InChI is InChI=1S/2C28H22Cl2FN3O2.C25H22Cl2FN3O3/c2*1-17(19-5-3-2-4-6-19)32-28(35)26-23-16-36-15-20(13-18-7-10-22(31)11-8-18)27(23)34(33-26)25-12-9-21(29)14-24(25)30;26-16-6-9-21(19(27)11-16)31-24-15(10-14-4-7-17(28)8-5-14)12-34-13-18(24)23(30-31)25(33)29-20-2-1-3-22(20)32/h2*2-14,17H,15-16H2,1H3,(H,32,35);4-11,20,22,32H,1-3,12-13H2,(H,29,33)/b2*20-13+;15-10+/t2*17-;20-,22-/m101/s1. The van der Waals surface area contributed by atoms with Crippen LogP contribution in [0.2, 0.25) is 30.1 Å². The zero-order chi connectivity index (χ0) is 74.3. The molecule has 4 N–H and O–H groups in total. The van der Waals surface area contributed by atoms with Gasteiger partial charge in [-0.1, -0.05) is 167 Å². The number of fused-ring (bicyclic) bond motifs is 3. The number of aliphatic hydroxyl groups is 1. The number of benzene rings is 8. The SMILES string of the molecule is C[C@@H](NC(=O)c1nn(-c2ccc(Cl)cc2Cl)c2c1COC/C2=C\c1ccc(F)cc1)c1ccccc1.C[C@H](NC(=O)c1nn(-c2ccc(Cl)cc2Cl)c2c1COC/C2=C\c1ccc(F)cc1)c1ccccc1.O=C(N[C@@H]1CCC[C@H]1O)c1nn(-c2ccc(Cl)cc2Cl)c2c1COC/C2=C\c1ccc(F)cc1. The van der Waals surface area contributed by atoms with Crippen LogP contribution in [-0.2, 0) is 34.0 Å². The van der Waals surface area contributed by atoms with Gasteiger partial charge in [0.1, 0.15) is 17.5 Å². The number of nitrogens with one attached hydrogen (secondary N) is 3. The molecule has 0 spiro atoms. The van der Waals surface area contributed by atoms with Crippen LogP contribution in [0.1, 0.15) is 138 Å².